The number of amides is 1. The van der Waals surface area contributed by atoms with Crippen LogP contribution < -0.4 is 5.32 Å². The normalized spacial score (nSPS) is 12.8. The Morgan fingerprint density at radius 2 is 2.11 bits per heavy atom. The van der Waals surface area contributed by atoms with E-state index in [0.717, 1.165) is 16.6 Å². The lowest BCUT2D eigenvalue weighted by Crippen LogP contribution is -2.34. The first-order chi connectivity index (χ1) is 9.06. The highest BCUT2D eigenvalue weighted by molar-refractivity contribution is 5.82. The fraction of sp³-hybridized carbons (Fsp3) is 0.400. The highest BCUT2D eigenvalue weighted by Gasteiger charge is 2.16. The second-order valence-electron chi connectivity index (χ2n) is 5.24. The van der Waals surface area contributed by atoms with Crippen LogP contribution in [0.4, 0.5) is 0 Å². The van der Waals surface area contributed by atoms with Crippen molar-refractivity contribution < 1.29 is 9.90 Å². The molecule has 4 nitrogen and oxygen atoms in total. The number of hydrogen-bond donors (Lipinski definition) is 3. The van der Waals surface area contributed by atoms with Gasteiger partial charge < -0.3 is 15.4 Å². The van der Waals surface area contributed by atoms with Crippen LogP contribution in [0.2, 0.25) is 0 Å². The van der Waals surface area contributed by atoms with Gasteiger partial charge in [-0.3, -0.25) is 4.79 Å². The van der Waals surface area contributed by atoms with Crippen LogP contribution in [0.25, 0.3) is 10.9 Å². The fourth-order valence-corrected chi connectivity index (χ4v) is 2.08. The summed E-state index contributed by atoms with van der Waals surface area (Å²) in [6.45, 7) is 4.37. The summed E-state index contributed by atoms with van der Waals surface area (Å²) in [6.07, 6.45) is -0.442. The van der Waals surface area contributed by atoms with Gasteiger partial charge in [0, 0.05) is 11.2 Å². The maximum Gasteiger partial charge on any atom is 0.249 e. The maximum atomic E-state index is 11.7. The Morgan fingerprint density at radius 3 is 2.79 bits per heavy atom. The molecule has 4 heteroatoms. The van der Waals surface area contributed by atoms with Crippen molar-refractivity contribution in [1.29, 1.82) is 0 Å². The predicted molar refractivity (Wildman–Crippen MR) is 75.6 cm³/mol. The van der Waals surface area contributed by atoms with Crippen LogP contribution in [-0.2, 0) is 11.3 Å². The summed E-state index contributed by atoms with van der Waals surface area (Å²) in [5.41, 5.74) is 1.99. The van der Waals surface area contributed by atoms with Crippen molar-refractivity contribution in [3.05, 3.63) is 36.0 Å². The number of carbonyl (C=O) groups is 1. The molecular formula is C15H20N2O2. The van der Waals surface area contributed by atoms with Gasteiger partial charge >= 0.3 is 0 Å². The number of aliphatic hydroxyl groups is 1. The molecule has 0 radical (unpaired) electrons. The molecule has 1 aromatic heterocycles. The van der Waals surface area contributed by atoms with Gasteiger partial charge in [-0.25, -0.2) is 0 Å². The lowest BCUT2D eigenvalue weighted by molar-refractivity contribution is -0.130. The topological polar surface area (TPSA) is 65.1 Å². The molecule has 1 heterocycles. The molecule has 0 saturated carbocycles. The van der Waals surface area contributed by atoms with Crippen molar-refractivity contribution in [2.24, 2.45) is 5.92 Å². The van der Waals surface area contributed by atoms with E-state index < -0.39 is 6.10 Å². The molecule has 1 amide bonds. The van der Waals surface area contributed by atoms with E-state index in [1.165, 1.54) is 0 Å². The number of hydrogen-bond acceptors (Lipinski definition) is 2. The molecule has 1 aromatic carbocycles. The third-order valence-corrected chi connectivity index (χ3v) is 3.04. The SMILES string of the molecule is CC(C)C[C@H](O)C(=O)NCc1cc2ccccc2[nH]1. The number of carbonyl (C=O) groups excluding carboxylic acids is 1. The standard InChI is InChI=1S/C15H20N2O2/c1-10(2)7-14(18)15(19)16-9-12-8-11-5-3-4-6-13(11)17-12/h3-6,8,10,14,17-18H,7,9H2,1-2H3,(H,16,19)/t14-/m0/s1. The van der Waals surface area contributed by atoms with E-state index in [0.29, 0.717) is 18.9 Å². The Morgan fingerprint density at radius 1 is 1.37 bits per heavy atom. The van der Waals surface area contributed by atoms with E-state index in [9.17, 15) is 9.90 Å². The summed E-state index contributed by atoms with van der Waals surface area (Å²) >= 11 is 0. The number of H-pyrrole nitrogens is 1. The summed E-state index contributed by atoms with van der Waals surface area (Å²) in [4.78, 5) is 14.9. The fourth-order valence-electron chi connectivity index (χ4n) is 2.08. The van der Waals surface area contributed by atoms with Crippen molar-refractivity contribution >= 4 is 16.8 Å². The van der Waals surface area contributed by atoms with Gasteiger partial charge in [0.15, 0.2) is 0 Å². The van der Waals surface area contributed by atoms with E-state index in [1.807, 2.05) is 44.2 Å². The summed E-state index contributed by atoms with van der Waals surface area (Å²) in [5.74, 6) is -0.0128. The molecule has 2 rings (SSSR count). The minimum atomic E-state index is -0.927. The average molecular weight is 260 g/mol. The molecule has 1 atom stereocenters. The maximum absolute atomic E-state index is 11.7. The van der Waals surface area contributed by atoms with Crippen LogP contribution >= 0.6 is 0 Å². The highest BCUT2D eigenvalue weighted by Crippen LogP contribution is 2.14. The molecule has 0 saturated heterocycles. The van der Waals surface area contributed by atoms with Gasteiger partial charge in [-0.15, -0.1) is 0 Å². The smallest absolute Gasteiger partial charge is 0.249 e. The van der Waals surface area contributed by atoms with Crippen LogP contribution in [0, 0.1) is 5.92 Å². The van der Waals surface area contributed by atoms with Gasteiger partial charge in [-0.2, -0.15) is 0 Å². The first-order valence-corrected chi connectivity index (χ1v) is 6.58. The number of benzene rings is 1. The number of aromatic amines is 1. The zero-order valence-corrected chi connectivity index (χ0v) is 11.3. The van der Waals surface area contributed by atoms with Crippen LogP contribution in [-0.4, -0.2) is 22.1 Å². The summed E-state index contributed by atoms with van der Waals surface area (Å²) < 4.78 is 0. The molecule has 0 aliphatic heterocycles. The van der Waals surface area contributed by atoms with Crippen molar-refractivity contribution in [2.45, 2.75) is 32.9 Å². The van der Waals surface area contributed by atoms with Gasteiger partial charge in [0.1, 0.15) is 6.10 Å². The third-order valence-electron chi connectivity index (χ3n) is 3.04. The Kier molecular flexibility index (Phi) is 4.22. The molecular weight excluding hydrogens is 240 g/mol. The average Bonchev–Trinajstić information content (AvgIpc) is 2.77. The van der Waals surface area contributed by atoms with Crippen molar-refractivity contribution in [3.63, 3.8) is 0 Å². The molecule has 0 spiro atoms. The van der Waals surface area contributed by atoms with Crippen LogP contribution in [0.15, 0.2) is 30.3 Å². The van der Waals surface area contributed by atoms with E-state index in [-0.39, 0.29) is 5.91 Å². The van der Waals surface area contributed by atoms with Crippen LogP contribution in [0.1, 0.15) is 26.0 Å². The van der Waals surface area contributed by atoms with E-state index >= 15 is 0 Å². The van der Waals surface area contributed by atoms with Crippen LogP contribution in [0.3, 0.4) is 0 Å². The molecule has 102 valence electrons. The third kappa shape index (κ3) is 3.58. The summed E-state index contributed by atoms with van der Waals surface area (Å²) in [7, 11) is 0. The van der Waals surface area contributed by atoms with Crippen molar-refractivity contribution in [3.8, 4) is 0 Å². The second kappa shape index (κ2) is 5.89. The largest absolute Gasteiger partial charge is 0.383 e. The number of nitrogens with one attached hydrogen (secondary N) is 2. The Hall–Kier alpha value is -1.81. The quantitative estimate of drug-likeness (QED) is 0.771. The minimum Gasteiger partial charge on any atom is -0.383 e. The van der Waals surface area contributed by atoms with E-state index in [4.69, 9.17) is 0 Å². The van der Waals surface area contributed by atoms with E-state index in [1.54, 1.807) is 0 Å². The van der Waals surface area contributed by atoms with Gasteiger partial charge in [0.25, 0.3) is 0 Å². The molecule has 3 N–H and O–H groups in total. The number of aromatic nitrogens is 1. The number of aliphatic hydroxyl groups excluding tert-OH is 1. The van der Waals surface area contributed by atoms with Gasteiger partial charge in [0.2, 0.25) is 5.91 Å². The molecule has 19 heavy (non-hydrogen) atoms. The first-order valence-electron chi connectivity index (χ1n) is 6.58. The lowest BCUT2D eigenvalue weighted by atomic mass is 10.1. The van der Waals surface area contributed by atoms with Gasteiger partial charge in [0.05, 0.1) is 6.54 Å². The molecule has 0 bridgehead atoms. The zero-order valence-electron chi connectivity index (χ0n) is 11.3. The lowest BCUT2D eigenvalue weighted by Gasteiger charge is -2.12. The van der Waals surface area contributed by atoms with Gasteiger partial charge in [-0.05, 0) is 29.9 Å². The molecule has 0 aliphatic rings. The Bertz CT molecular complexity index is 527. The predicted octanol–water partition coefficient (Wildman–Crippen LogP) is 2.19. The molecule has 0 unspecified atom stereocenters. The van der Waals surface area contributed by atoms with Gasteiger partial charge in [-0.1, -0.05) is 32.0 Å². The zero-order chi connectivity index (χ0) is 13.8. The number of para-hydroxylation sites is 1. The molecule has 0 aliphatic carbocycles. The Balaban J connectivity index is 1.93. The molecule has 0 fully saturated rings. The first kappa shape index (κ1) is 13.6. The second-order valence-corrected chi connectivity index (χ2v) is 5.24. The van der Waals surface area contributed by atoms with Crippen LogP contribution in [0.5, 0.6) is 0 Å². The highest BCUT2D eigenvalue weighted by atomic mass is 16.3. The van der Waals surface area contributed by atoms with E-state index in [2.05, 4.69) is 10.3 Å². The summed E-state index contributed by atoms with van der Waals surface area (Å²) in [5, 5.41) is 13.5. The minimum absolute atomic E-state index is 0.300. The number of rotatable bonds is 5. The van der Waals surface area contributed by atoms with Crippen molar-refractivity contribution in [1.82, 2.24) is 10.3 Å². The Labute approximate surface area is 112 Å². The number of fused-ring (bicyclic) bond motifs is 1. The van der Waals surface area contributed by atoms with Crippen molar-refractivity contribution in [2.75, 3.05) is 0 Å². The monoisotopic (exact) mass is 260 g/mol. The molecule has 2 aromatic rings. The summed E-state index contributed by atoms with van der Waals surface area (Å²) in [6, 6.07) is 9.96.